The smallest absolute Gasteiger partial charge is 0.188 e. The van der Waals surface area contributed by atoms with Crippen molar-refractivity contribution in [3.05, 3.63) is 81.9 Å². The number of ketones is 1. The van der Waals surface area contributed by atoms with Crippen LogP contribution in [0.15, 0.2) is 53.7 Å². The van der Waals surface area contributed by atoms with Gasteiger partial charge in [0, 0.05) is 41.9 Å². The molecule has 6 heteroatoms. The minimum atomic E-state index is 0.0545. The Balaban J connectivity index is 1.43. The number of nitrogens with zero attached hydrogens (tertiary/aromatic N) is 3. The first-order valence-electron chi connectivity index (χ1n) is 12.5. The molecular formula is C29H31N3O2S. The van der Waals surface area contributed by atoms with Gasteiger partial charge in [-0.3, -0.25) is 4.79 Å². The summed E-state index contributed by atoms with van der Waals surface area (Å²) < 4.78 is 0. The maximum atomic E-state index is 13.2. The second-order valence-electron chi connectivity index (χ2n) is 9.53. The lowest BCUT2D eigenvalue weighted by Crippen LogP contribution is -2.10. The van der Waals surface area contributed by atoms with E-state index in [1.165, 1.54) is 24.0 Å². The van der Waals surface area contributed by atoms with Gasteiger partial charge in [0.05, 0.1) is 5.69 Å². The Hall–Kier alpha value is -2.96. The van der Waals surface area contributed by atoms with Gasteiger partial charge in [-0.1, -0.05) is 31.2 Å². The molecule has 2 aliphatic carbocycles. The largest absolute Gasteiger partial charge is 0.396 e. The molecule has 5 rings (SSSR count). The molecule has 1 fully saturated rings. The van der Waals surface area contributed by atoms with Crippen molar-refractivity contribution >= 4 is 22.7 Å². The molecule has 180 valence electrons. The summed E-state index contributed by atoms with van der Waals surface area (Å²) in [6.45, 7) is 4.09. The number of benzene rings is 1. The van der Waals surface area contributed by atoms with Crippen LogP contribution in [0.3, 0.4) is 0 Å². The number of carbonyl (C=O) groups excluding carboxylic acids is 1. The number of carbonyl (C=O) groups is 1. The summed E-state index contributed by atoms with van der Waals surface area (Å²) in [5.74, 6) is 0.803. The van der Waals surface area contributed by atoms with Gasteiger partial charge in [-0.05, 0) is 79.2 Å². The maximum absolute atomic E-state index is 13.2. The van der Waals surface area contributed by atoms with Crippen LogP contribution >= 0.6 is 11.3 Å². The molecule has 0 bridgehead atoms. The molecule has 0 aliphatic heterocycles. The number of aliphatic hydroxyl groups is 1. The van der Waals surface area contributed by atoms with Crippen LogP contribution in [0.1, 0.15) is 79.0 Å². The van der Waals surface area contributed by atoms with Crippen molar-refractivity contribution in [3.8, 4) is 10.6 Å². The Kier molecular flexibility index (Phi) is 6.76. The maximum Gasteiger partial charge on any atom is 0.188 e. The number of Topliss-reactive ketones (excluding diaryl/α,β-unsaturated/α-hetero) is 1. The van der Waals surface area contributed by atoms with Crippen molar-refractivity contribution in [1.82, 2.24) is 15.0 Å². The van der Waals surface area contributed by atoms with Crippen LogP contribution in [0.25, 0.3) is 16.1 Å². The van der Waals surface area contributed by atoms with E-state index in [2.05, 4.69) is 35.5 Å². The third-order valence-corrected chi connectivity index (χ3v) is 8.20. The molecule has 0 unspecified atom stereocenters. The first-order valence-corrected chi connectivity index (χ1v) is 13.3. The monoisotopic (exact) mass is 485 g/mol. The SMILES string of the molecule is C/C=C(/CCCO)C(=O)c1ccc2c(c1)CC(c1ncc(-c3nc(CC)cs3)cn1)=CCC21CC1. The average molecular weight is 486 g/mol. The second kappa shape index (κ2) is 9.96. The Bertz CT molecular complexity index is 1300. The van der Waals surface area contributed by atoms with Crippen molar-refractivity contribution in [3.63, 3.8) is 0 Å². The highest BCUT2D eigenvalue weighted by Crippen LogP contribution is 2.54. The Morgan fingerprint density at radius 3 is 2.69 bits per heavy atom. The van der Waals surface area contributed by atoms with E-state index in [0.29, 0.717) is 12.8 Å². The predicted octanol–water partition coefficient (Wildman–Crippen LogP) is 6.13. The lowest BCUT2D eigenvalue weighted by atomic mass is 9.87. The number of aryl methyl sites for hydroxylation is 1. The summed E-state index contributed by atoms with van der Waals surface area (Å²) in [6.07, 6.45) is 14.1. The normalized spacial score (nSPS) is 16.5. The van der Waals surface area contributed by atoms with Crippen LogP contribution in [0.5, 0.6) is 0 Å². The first kappa shape index (κ1) is 23.8. The minimum absolute atomic E-state index is 0.0545. The van der Waals surface area contributed by atoms with Crippen molar-refractivity contribution in [1.29, 1.82) is 0 Å². The van der Waals surface area contributed by atoms with Crippen molar-refractivity contribution in [2.24, 2.45) is 0 Å². The summed E-state index contributed by atoms with van der Waals surface area (Å²) >= 11 is 1.63. The van der Waals surface area contributed by atoms with E-state index in [1.54, 1.807) is 11.3 Å². The zero-order valence-electron chi connectivity index (χ0n) is 20.4. The van der Waals surface area contributed by atoms with Crippen LogP contribution in [0.2, 0.25) is 0 Å². The predicted molar refractivity (Wildman–Crippen MR) is 141 cm³/mol. The third kappa shape index (κ3) is 4.78. The molecular weight excluding hydrogens is 454 g/mol. The van der Waals surface area contributed by atoms with Crippen LogP contribution in [-0.2, 0) is 18.3 Å². The standard InChI is InChI=1S/C29H31N3O2S/c1-3-19(6-5-13-33)26(34)20-7-8-25-22(14-20)15-21(9-10-29(25)11-12-29)27-30-16-23(17-31-27)28-32-24(4-2)18-35-28/h3,7-9,14,16-18,33H,4-6,10-13,15H2,1-2H3/b19-3-. The molecule has 0 atom stereocenters. The number of hydrogen-bond acceptors (Lipinski definition) is 6. The van der Waals surface area contributed by atoms with Crippen molar-refractivity contribution in [2.75, 3.05) is 6.61 Å². The highest BCUT2D eigenvalue weighted by atomic mass is 32.1. The fourth-order valence-electron chi connectivity index (χ4n) is 4.95. The number of thiazole rings is 1. The Labute approximate surface area is 210 Å². The van der Waals surface area contributed by atoms with Gasteiger partial charge in [-0.15, -0.1) is 11.3 Å². The van der Waals surface area contributed by atoms with E-state index in [0.717, 1.165) is 58.1 Å². The molecule has 35 heavy (non-hydrogen) atoms. The van der Waals surface area contributed by atoms with Gasteiger partial charge in [-0.25, -0.2) is 15.0 Å². The number of aromatic nitrogens is 3. The summed E-state index contributed by atoms with van der Waals surface area (Å²) in [6, 6.07) is 6.23. The van der Waals surface area contributed by atoms with Crippen LogP contribution in [-0.4, -0.2) is 32.4 Å². The number of allylic oxidation sites excluding steroid dienone is 4. The van der Waals surface area contributed by atoms with Crippen LogP contribution in [0, 0.1) is 0 Å². The summed E-state index contributed by atoms with van der Waals surface area (Å²) in [4.78, 5) is 27.3. The topological polar surface area (TPSA) is 76.0 Å². The molecule has 1 aromatic carbocycles. The van der Waals surface area contributed by atoms with Crippen LogP contribution in [0.4, 0.5) is 0 Å². The summed E-state index contributed by atoms with van der Waals surface area (Å²) in [5.41, 5.74) is 7.40. The molecule has 1 N–H and O–H groups in total. The number of aliphatic hydroxyl groups excluding tert-OH is 1. The van der Waals surface area contributed by atoms with Crippen molar-refractivity contribution in [2.45, 2.75) is 64.2 Å². The Morgan fingerprint density at radius 1 is 1.23 bits per heavy atom. The van der Waals surface area contributed by atoms with Gasteiger partial charge in [0.15, 0.2) is 11.6 Å². The molecule has 1 saturated carbocycles. The van der Waals surface area contributed by atoms with Crippen molar-refractivity contribution < 1.29 is 9.90 Å². The fraction of sp³-hybridized carbons (Fsp3) is 0.379. The zero-order valence-corrected chi connectivity index (χ0v) is 21.2. The average Bonchev–Trinajstić information content (AvgIpc) is 3.57. The van der Waals surface area contributed by atoms with E-state index >= 15 is 0 Å². The number of hydrogen-bond donors (Lipinski definition) is 1. The minimum Gasteiger partial charge on any atom is -0.396 e. The van der Waals surface area contributed by atoms with E-state index in [9.17, 15) is 9.90 Å². The van der Waals surface area contributed by atoms with E-state index < -0.39 is 0 Å². The van der Waals surface area contributed by atoms with E-state index in [1.807, 2.05) is 31.5 Å². The van der Waals surface area contributed by atoms with E-state index in [4.69, 9.17) is 9.97 Å². The number of rotatable bonds is 8. The quantitative estimate of drug-likeness (QED) is 0.307. The lowest BCUT2D eigenvalue weighted by Gasteiger charge is -2.17. The summed E-state index contributed by atoms with van der Waals surface area (Å²) in [7, 11) is 0. The third-order valence-electron chi connectivity index (χ3n) is 7.26. The Morgan fingerprint density at radius 2 is 2.03 bits per heavy atom. The molecule has 0 saturated heterocycles. The van der Waals surface area contributed by atoms with E-state index in [-0.39, 0.29) is 17.8 Å². The molecule has 2 aliphatic rings. The highest BCUT2D eigenvalue weighted by Gasteiger charge is 2.45. The highest BCUT2D eigenvalue weighted by molar-refractivity contribution is 7.13. The zero-order chi connectivity index (χ0) is 24.4. The van der Waals surface area contributed by atoms with Crippen LogP contribution < -0.4 is 0 Å². The summed E-state index contributed by atoms with van der Waals surface area (Å²) in [5, 5.41) is 12.2. The molecule has 0 radical (unpaired) electrons. The molecule has 0 amide bonds. The number of fused-ring (bicyclic) bond motifs is 2. The van der Waals surface area contributed by atoms with Gasteiger partial charge in [0.2, 0.25) is 0 Å². The molecule has 1 spiro atoms. The lowest BCUT2D eigenvalue weighted by molar-refractivity contribution is 0.102. The van der Waals surface area contributed by atoms with Gasteiger partial charge >= 0.3 is 0 Å². The molecule has 2 aromatic heterocycles. The fourth-order valence-corrected chi connectivity index (χ4v) is 5.83. The second-order valence-corrected chi connectivity index (χ2v) is 10.4. The van der Waals surface area contributed by atoms with Gasteiger partial charge < -0.3 is 5.11 Å². The molecule has 2 heterocycles. The van der Waals surface area contributed by atoms with Gasteiger partial charge in [0.25, 0.3) is 0 Å². The molecule has 5 nitrogen and oxygen atoms in total. The molecule has 3 aromatic rings. The van der Waals surface area contributed by atoms with Gasteiger partial charge in [0.1, 0.15) is 5.01 Å². The first-order chi connectivity index (χ1) is 17.1. The van der Waals surface area contributed by atoms with Gasteiger partial charge in [-0.2, -0.15) is 0 Å².